The van der Waals surface area contributed by atoms with Crippen molar-refractivity contribution in [3.05, 3.63) is 58.3 Å². The summed E-state index contributed by atoms with van der Waals surface area (Å²) >= 11 is 1.56. The fourth-order valence-electron chi connectivity index (χ4n) is 3.25. The van der Waals surface area contributed by atoms with Crippen molar-refractivity contribution < 1.29 is 19.1 Å². The summed E-state index contributed by atoms with van der Waals surface area (Å²) in [5.74, 6) is -0.917. The number of carbonyl (C=O) groups excluding carboxylic acids is 2. The topological polar surface area (TPSA) is 52.6 Å². The molecule has 3 rings (SSSR count). The van der Waals surface area contributed by atoms with E-state index in [-0.39, 0.29) is 18.3 Å². The van der Waals surface area contributed by atoms with Crippen LogP contribution in [0.3, 0.4) is 0 Å². The van der Waals surface area contributed by atoms with Gasteiger partial charge in [-0.3, -0.25) is 9.59 Å². The van der Waals surface area contributed by atoms with E-state index in [0.29, 0.717) is 6.42 Å². The van der Waals surface area contributed by atoms with Crippen LogP contribution in [0.2, 0.25) is 0 Å². The lowest BCUT2D eigenvalue weighted by Gasteiger charge is -2.28. The van der Waals surface area contributed by atoms with Gasteiger partial charge in [0.15, 0.2) is 5.78 Å². The Kier molecular flexibility index (Phi) is 5.34. The molecule has 0 aliphatic heterocycles. The monoisotopic (exact) mass is 356 g/mol. The highest BCUT2D eigenvalue weighted by Crippen LogP contribution is 2.43. The first kappa shape index (κ1) is 17.4. The molecule has 130 valence electrons. The van der Waals surface area contributed by atoms with Crippen molar-refractivity contribution in [3.8, 4) is 5.75 Å². The number of ketones is 1. The minimum Gasteiger partial charge on any atom is -0.496 e. The number of thiophene rings is 1. The fraction of sp³-hybridized carbons (Fsp3) is 0.300. The second kappa shape index (κ2) is 7.66. The number of allylic oxidation sites excluding steroid dienone is 2. The third-order valence-electron chi connectivity index (χ3n) is 4.37. The van der Waals surface area contributed by atoms with Crippen molar-refractivity contribution in [2.45, 2.75) is 19.3 Å². The van der Waals surface area contributed by atoms with Crippen LogP contribution in [0.4, 0.5) is 0 Å². The summed E-state index contributed by atoms with van der Waals surface area (Å²) in [7, 11) is 1.61. The first-order chi connectivity index (χ1) is 12.2. The van der Waals surface area contributed by atoms with E-state index in [2.05, 4.69) is 0 Å². The summed E-state index contributed by atoms with van der Waals surface area (Å²) in [5.41, 5.74) is 1.78. The van der Waals surface area contributed by atoms with Crippen LogP contribution in [-0.4, -0.2) is 25.5 Å². The Morgan fingerprint density at radius 1 is 1.24 bits per heavy atom. The molecule has 1 aliphatic rings. The maximum atomic E-state index is 12.8. The number of ether oxygens (including phenoxy) is 2. The molecular formula is C20H20O4S. The molecule has 0 radical (unpaired) electrons. The number of hydrogen-bond donors (Lipinski definition) is 0. The van der Waals surface area contributed by atoms with Gasteiger partial charge in [0.2, 0.25) is 0 Å². The Bertz CT molecular complexity index is 792. The van der Waals surface area contributed by atoms with Gasteiger partial charge in [-0.1, -0.05) is 24.3 Å². The number of methoxy groups -OCH3 is 1. The van der Waals surface area contributed by atoms with Gasteiger partial charge in [0.1, 0.15) is 11.7 Å². The highest BCUT2D eigenvalue weighted by atomic mass is 32.1. The van der Waals surface area contributed by atoms with Crippen LogP contribution in [0.5, 0.6) is 5.75 Å². The van der Waals surface area contributed by atoms with Crippen LogP contribution in [0.25, 0.3) is 5.57 Å². The van der Waals surface area contributed by atoms with E-state index in [1.165, 1.54) is 0 Å². The van der Waals surface area contributed by atoms with Gasteiger partial charge >= 0.3 is 5.97 Å². The summed E-state index contributed by atoms with van der Waals surface area (Å²) in [4.78, 5) is 26.2. The predicted octanol–water partition coefficient (Wildman–Crippen LogP) is 4.08. The Hall–Kier alpha value is -2.40. The molecule has 2 unspecified atom stereocenters. The van der Waals surface area contributed by atoms with Crippen molar-refractivity contribution in [1.29, 1.82) is 0 Å². The summed E-state index contributed by atoms with van der Waals surface area (Å²) in [6.45, 7) is 2.02. The summed E-state index contributed by atoms with van der Waals surface area (Å²) in [6.07, 6.45) is 2.17. The quantitative estimate of drug-likeness (QED) is 0.598. The van der Waals surface area contributed by atoms with Gasteiger partial charge in [0, 0.05) is 16.4 Å². The molecule has 0 saturated carbocycles. The van der Waals surface area contributed by atoms with Crippen LogP contribution < -0.4 is 4.74 Å². The molecule has 0 saturated heterocycles. The zero-order valence-corrected chi connectivity index (χ0v) is 15.0. The number of benzene rings is 1. The first-order valence-corrected chi connectivity index (χ1v) is 9.11. The van der Waals surface area contributed by atoms with E-state index in [1.54, 1.807) is 31.4 Å². The molecule has 1 aromatic heterocycles. The Morgan fingerprint density at radius 2 is 2.04 bits per heavy atom. The van der Waals surface area contributed by atoms with Gasteiger partial charge in [0.25, 0.3) is 0 Å². The number of carbonyl (C=O) groups is 2. The summed E-state index contributed by atoms with van der Waals surface area (Å²) in [6, 6.07) is 11.5. The largest absolute Gasteiger partial charge is 0.496 e. The van der Waals surface area contributed by atoms with Gasteiger partial charge in [-0.05, 0) is 42.5 Å². The average molecular weight is 356 g/mol. The van der Waals surface area contributed by atoms with E-state index in [1.807, 2.05) is 41.8 Å². The van der Waals surface area contributed by atoms with Crippen LogP contribution >= 0.6 is 11.3 Å². The SMILES string of the molecule is CCOC(=O)C1C(=O)C=C(c2ccccc2OC)CC1c1cccs1. The molecule has 0 spiro atoms. The van der Waals surface area contributed by atoms with Crippen molar-refractivity contribution in [1.82, 2.24) is 0 Å². The molecule has 5 heteroatoms. The zero-order valence-electron chi connectivity index (χ0n) is 14.2. The second-order valence-corrected chi connectivity index (χ2v) is 6.81. The lowest BCUT2D eigenvalue weighted by atomic mass is 9.76. The average Bonchev–Trinajstić information content (AvgIpc) is 3.15. The van der Waals surface area contributed by atoms with Crippen molar-refractivity contribution >= 4 is 28.7 Å². The Balaban J connectivity index is 2.02. The highest BCUT2D eigenvalue weighted by molar-refractivity contribution is 7.10. The molecule has 1 aliphatic carbocycles. The lowest BCUT2D eigenvalue weighted by Crippen LogP contribution is -2.33. The predicted molar refractivity (Wildman–Crippen MR) is 97.8 cm³/mol. The number of para-hydroxylation sites is 1. The van der Waals surface area contributed by atoms with E-state index >= 15 is 0 Å². The summed E-state index contributed by atoms with van der Waals surface area (Å²) < 4.78 is 10.6. The number of esters is 1. The van der Waals surface area contributed by atoms with Gasteiger partial charge in [0.05, 0.1) is 13.7 Å². The molecule has 4 nitrogen and oxygen atoms in total. The van der Waals surface area contributed by atoms with E-state index in [0.717, 1.165) is 21.8 Å². The lowest BCUT2D eigenvalue weighted by molar-refractivity contribution is -0.151. The summed E-state index contributed by atoms with van der Waals surface area (Å²) in [5, 5.41) is 1.96. The maximum Gasteiger partial charge on any atom is 0.317 e. The minimum absolute atomic E-state index is 0.205. The molecule has 2 atom stereocenters. The second-order valence-electron chi connectivity index (χ2n) is 5.83. The van der Waals surface area contributed by atoms with Gasteiger partial charge in [-0.25, -0.2) is 0 Å². The van der Waals surface area contributed by atoms with Gasteiger partial charge < -0.3 is 9.47 Å². The van der Waals surface area contributed by atoms with Crippen LogP contribution in [-0.2, 0) is 14.3 Å². The van der Waals surface area contributed by atoms with Crippen LogP contribution in [0, 0.1) is 5.92 Å². The van der Waals surface area contributed by atoms with Crippen molar-refractivity contribution in [2.24, 2.45) is 5.92 Å². The molecule has 0 N–H and O–H groups in total. The molecular weight excluding hydrogens is 336 g/mol. The van der Waals surface area contributed by atoms with Crippen molar-refractivity contribution in [2.75, 3.05) is 13.7 Å². The fourth-order valence-corrected chi connectivity index (χ4v) is 4.12. The van der Waals surface area contributed by atoms with Crippen molar-refractivity contribution in [3.63, 3.8) is 0 Å². The van der Waals surface area contributed by atoms with E-state index < -0.39 is 11.9 Å². The third kappa shape index (κ3) is 3.51. The normalized spacial score (nSPS) is 20.1. The van der Waals surface area contributed by atoms with Gasteiger partial charge in [-0.2, -0.15) is 0 Å². The Labute approximate surface area is 151 Å². The Morgan fingerprint density at radius 3 is 2.72 bits per heavy atom. The molecule has 1 aromatic carbocycles. The number of rotatable bonds is 5. The molecule has 2 aromatic rings. The maximum absolute atomic E-state index is 12.8. The van der Waals surface area contributed by atoms with Gasteiger partial charge in [-0.15, -0.1) is 11.3 Å². The zero-order chi connectivity index (χ0) is 17.8. The molecule has 25 heavy (non-hydrogen) atoms. The first-order valence-electron chi connectivity index (χ1n) is 8.23. The number of hydrogen-bond acceptors (Lipinski definition) is 5. The third-order valence-corrected chi connectivity index (χ3v) is 5.37. The minimum atomic E-state index is -0.781. The molecule has 0 bridgehead atoms. The molecule has 0 fully saturated rings. The molecule has 1 heterocycles. The van der Waals surface area contributed by atoms with E-state index in [4.69, 9.17) is 9.47 Å². The van der Waals surface area contributed by atoms with E-state index in [9.17, 15) is 9.59 Å². The standard InChI is InChI=1S/C20H20O4S/c1-3-24-20(22)19-15(18-9-6-10-25-18)11-13(12-16(19)21)14-7-4-5-8-17(14)23-2/h4-10,12,15,19H,3,11H2,1-2H3. The van der Waals surface area contributed by atoms with Crippen LogP contribution in [0.1, 0.15) is 29.7 Å². The smallest absolute Gasteiger partial charge is 0.317 e. The molecule has 0 amide bonds. The van der Waals surface area contributed by atoms with Crippen LogP contribution in [0.15, 0.2) is 47.9 Å². The highest BCUT2D eigenvalue weighted by Gasteiger charge is 2.40.